The van der Waals surface area contributed by atoms with E-state index in [1.807, 2.05) is 34.6 Å². The van der Waals surface area contributed by atoms with Gasteiger partial charge in [0.1, 0.15) is 0 Å². The molecule has 0 saturated carbocycles. The van der Waals surface area contributed by atoms with Gasteiger partial charge < -0.3 is 9.84 Å². The monoisotopic (exact) mass is 281 g/mol. The minimum absolute atomic E-state index is 0.0484. The average Bonchev–Trinajstić information content (AvgIpc) is 2.26. The predicted molar refractivity (Wildman–Crippen MR) is 78.0 cm³/mol. The summed E-state index contributed by atoms with van der Waals surface area (Å²) in [6.07, 6.45) is -0.219. The van der Waals surface area contributed by atoms with E-state index >= 15 is 0 Å². The van der Waals surface area contributed by atoms with Gasteiger partial charge in [-0.1, -0.05) is 26.8 Å². The summed E-state index contributed by atoms with van der Waals surface area (Å²) in [5.74, 6) is 0.253. The third-order valence-corrected chi connectivity index (χ3v) is 3.01. The average molecular weight is 281 g/mol. The van der Waals surface area contributed by atoms with Gasteiger partial charge in [-0.2, -0.15) is 0 Å². The Bertz CT molecular complexity index is 477. The number of nitrogens with zero attached hydrogens (tertiary/aromatic N) is 1. The molecular formula is C15H23NO4. The zero-order valence-electron chi connectivity index (χ0n) is 12.7. The first kappa shape index (κ1) is 16.4. The summed E-state index contributed by atoms with van der Waals surface area (Å²) < 4.78 is 5.49. The van der Waals surface area contributed by atoms with Crippen LogP contribution in [0.15, 0.2) is 18.2 Å². The standard InChI is InChI=1S/C15H23NO4/c1-10(2)20-13-8-11(6-7-12(13)16(18)19)9-14(17)15(3,4)5/h6-8,10,14,17H,9H2,1-5H3. The van der Waals surface area contributed by atoms with Crippen LogP contribution in [0.5, 0.6) is 5.75 Å². The van der Waals surface area contributed by atoms with Crippen molar-refractivity contribution in [2.45, 2.75) is 53.2 Å². The molecule has 1 unspecified atom stereocenters. The maximum absolute atomic E-state index is 11.0. The number of nitro groups is 1. The molecule has 0 heterocycles. The lowest BCUT2D eigenvalue weighted by Crippen LogP contribution is -2.28. The van der Waals surface area contributed by atoms with Gasteiger partial charge in [0.15, 0.2) is 5.75 Å². The highest BCUT2D eigenvalue weighted by Gasteiger charge is 2.24. The first-order valence-electron chi connectivity index (χ1n) is 6.73. The van der Waals surface area contributed by atoms with Gasteiger partial charge in [-0.3, -0.25) is 10.1 Å². The number of aliphatic hydroxyl groups excluding tert-OH is 1. The van der Waals surface area contributed by atoms with Crippen LogP contribution in [0.4, 0.5) is 5.69 Å². The fourth-order valence-corrected chi connectivity index (χ4v) is 1.71. The van der Waals surface area contributed by atoms with Crippen molar-refractivity contribution in [3.63, 3.8) is 0 Å². The molecule has 0 bridgehead atoms. The van der Waals surface area contributed by atoms with Crippen molar-refractivity contribution >= 4 is 5.69 Å². The third-order valence-electron chi connectivity index (χ3n) is 3.01. The molecule has 5 nitrogen and oxygen atoms in total. The molecular weight excluding hydrogens is 258 g/mol. The van der Waals surface area contributed by atoms with Crippen LogP contribution in [0.1, 0.15) is 40.2 Å². The summed E-state index contributed by atoms with van der Waals surface area (Å²) >= 11 is 0. The molecule has 0 spiro atoms. The van der Waals surface area contributed by atoms with E-state index in [0.717, 1.165) is 5.56 Å². The Morgan fingerprint density at radius 2 is 1.95 bits per heavy atom. The van der Waals surface area contributed by atoms with Crippen molar-refractivity contribution in [1.82, 2.24) is 0 Å². The molecule has 20 heavy (non-hydrogen) atoms. The lowest BCUT2D eigenvalue weighted by Gasteiger charge is -2.26. The summed E-state index contributed by atoms with van der Waals surface area (Å²) in [5.41, 5.74) is 0.544. The lowest BCUT2D eigenvalue weighted by atomic mass is 9.85. The van der Waals surface area contributed by atoms with Crippen LogP contribution in [0, 0.1) is 15.5 Å². The Morgan fingerprint density at radius 1 is 1.35 bits per heavy atom. The molecule has 1 aromatic rings. The minimum Gasteiger partial charge on any atom is -0.484 e. The largest absolute Gasteiger partial charge is 0.484 e. The molecule has 1 aromatic carbocycles. The number of benzene rings is 1. The van der Waals surface area contributed by atoms with E-state index in [4.69, 9.17) is 4.74 Å². The van der Waals surface area contributed by atoms with Gasteiger partial charge >= 0.3 is 5.69 Å². The number of hydrogen-bond acceptors (Lipinski definition) is 4. The molecule has 1 atom stereocenters. The van der Waals surface area contributed by atoms with Crippen LogP contribution >= 0.6 is 0 Å². The van der Waals surface area contributed by atoms with Gasteiger partial charge in [-0.05, 0) is 37.3 Å². The molecule has 112 valence electrons. The van der Waals surface area contributed by atoms with E-state index in [-0.39, 0.29) is 23.0 Å². The van der Waals surface area contributed by atoms with E-state index in [1.165, 1.54) is 6.07 Å². The van der Waals surface area contributed by atoms with E-state index < -0.39 is 11.0 Å². The van der Waals surface area contributed by atoms with Crippen LogP contribution in [0.3, 0.4) is 0 Å². The molecule has 0 fully saturated rings. The Morgan fingerprint density at radius 3 is 2.40 bits per heavy atom. The molecule has 5 heteroatoms. The third kappa shape index (κ3) is 4.49. The topological polar surface area (TPSA) is 72.6 Å². The maximum atomic E-state index is 11.0. The Labute approximate surface area is 119 Å². The quantitative estimate of drug-likeness (QED) is 0.663. The second-order valence-electron chi connectivity index (χ2n) is 6.31. The van der Waals surface area contributed by atoms with E-state index in [0.29, 0.717) is 6.42 Å². The van der Waals surface area contributed by atoms with Crippen LogP contribution in [0.25, 0.3) is 0 Å². The maximum Gasteiger partial charge on any atom is 0.310 e. The van der Waals surface area contributed by atoms with E-state index in [2.05, 4.69) is 0 Å². The molecule has 0 aromatic heterocycles. The Balaban J connectivity index is 3.03. The Hall–Kier alpha value is -1.62. The number of ether oxygens (including phenoxy) is 1. The van der Waals surface area contributed by atoms with Crippen molar-refractivity contribution in [3.05, 3.63) is 33.9 Å². The van der Waals surface area contributed by atoms with Crippen molar-refractivity contribution in [2.75, 3.05) is 0 Å². The lowest BCUT2D eigenvalue weighted by molar-refractivity contribution is -0.386. The van der Waals surface area contributed by atoms with Gasteiger partial charge in [0.05, 0.1) is 17.1 Å². The van der Waals surface area contributed by atoms with Crippen molar-refractivity contribution in [3.8, 4) is 5.75 Å². The highest BCUT2D eigenvalue weighted by molar-refractivity contribution is 5.48. The van der Waals surface area contributed by atoms with Gasteiger partial charge in [0.2, 0.25) is 0 Å². The second kappa shape index (κ2) is 6.22. The summed E-state index contributed by atoms with van der Waals surface area (Å²) in [5, 5.41) is 21.1. The fourth-order valence-electron chi connectivity index (χ4n) is 1.71. The van der Waals surface area contributed by atoms with E-state index in [1.54, 1.807) is 12.1 Å². The predicted octanol–water partition coefficient (Wildman–Crippen LogP) is 3.33. The van der Waals surface area contributed by atoms with Gasteiger partial charge in [-0.15, -0.1) is 0 Å². The molecule has 0 aliphatic rings. The van der Waals surface area contributed by atoms with Gasteiger partial charge in [0, 0.05) is 6.07 Å². The summed E-state index contributed by atoms with van der Waals surface area (Å²) in [6, 6.07) is 4.75. The first-order valence-corrected chi connectivity index (χ1v) is 6.73. The second-order valence-corrected chi connectivity index (χ2v) is 6.31. The van der Waals surface area contributed by atoms with Gasteiger partial charge in [-0.25, -0.2) is 0 Å². The van der Waals surface area contributed by atoms with Crippen LogP contribution in [-0.2, 0) is 6.42 Å². The molecule has 0 aliphatic carbocycles. The SMILES string of the molecule is CC(C)Oc1cc(CC(O)C(C)(C)C)ccc1[N+](=O)[O-]. The van der Waals surface area contributed by atoms with E-state index in [9.17, 15) is 15.2 Å². The van der Waals surface area contributed by atoms with Crippen molar-refractivity contribution in [1.29, 1.82) is 0 Å². The molecule has 0 amide bonds. The number of nitro benzene ring substituents is 1. The summed E-state index contributed by atoms with van der Waals surface area (Å²) in [7, 11) is 0. The highest BCUT2D eigenvalue weighted by Crippen LogP contribution is 2.31. The zero-order valence-corrected chi connectivity index (χ0v) is 12.7. The summed E-state index contributed by atoms with van der Waals surface area (Å²) in [6.45, 7) is 9.50. The minimum atomic E-state index is -0.518. The zero-order chi connectivity index (χ0) is 15.5. The Kier molecular flexibility index (Phi) is 5.11. The normalized spacial score (nSPS) is 13.3. The summed E-state index contributed by atoms with van der Waals surface area (Å²) in [4.78, 5) is 10.5. The molecule has 1 N–H and O–H groups in total. The fraction of sp³-hybridized carbons (Fsp3) is 0.600. The molecule has 1 rings (SSSR count). The van der Waals surface area contributed by atoms with Crippen LogP contribution in [0.2, 0.25) is 0 Å². The van der Waals surface area contributed by atoms with Crippen molar-refractivity contribution in [2.24, 2.45) is 5.41 Å². The number of hydrogen-bond donors (Lipinski definition) is 1. The van der Waals surface area contributed by atoms with Crippen molar-refractivity contribution < 1.29 is 14.8 Å². The molecule has 0 aliphatic heterocycles. The number of aliphatic hydroxyl groups is 1. The smallest absolute Gasteiger partial charge is 0.310 e. The molecule has 0 saturated heterocycles. The highest BCUT2D eigenvalue weighted by atomic mass is 16.6. The van der Waals surface area contributed by atoms with Crippen LogP contribution in [-0.4, -0.2) is 22.2 Å². The van der Waals surface area contributed by atoms with Crippen LogP contribution < -0.4 is 4.74 Å². The molecule has 0 radical (unpaired) electrons. The number of rotatable bonds is 5. The first-order chi connectivity index (χ1) is 9.11. The van der Waals surface area contributed by atoms with Gasteiger partial charge in [0.25, 0.3) is 0 Å².